The van der Waals surface area contributed by atoms with Gasteiger partial charge in [-0.1, -0.05) is 6.07 Å². The van der Waals surface area contributed by atoms with Crippen LogP contribution in [0.5, 0.6) is 0 Å². The molecule has 1 aliphatic rings. The van der Waals surface area contributed by atoms with E-state index < -0.39 is 10.0 Å². The molecule has 1 aliphatic heterocycles. The maximum absolute atomic E-state index is 12.5. The summed E-state index contributed by atoms with van der Waals surface area (Å²) in [5.41, 5.74) is -0.121. The molecule has 2 rings (SSSR count). The minimum atomic E-state index is -3.49. The van der Waals surface area contributed by atoms with Gasteiger partial charge in [0.1, 0.15) is 0 Å². The summed E-state index contributed by atoms with van der Waals surface area (Å²) in [6, 6.07) is 7.02. The molecule has 0 saturated carbocycles. The predicted molar refractivity (Wildman–Crippen MR) is 97.1 cm³/mol. The molecule has 0 atom stereocenters. The zero-order valence-corrected chi connectivity index (χ0v) is 16.0. The van der Waals surface area contributed by atoms with Crippen molar-refractivity contribution in [2.45, 2.75) is 22.6 Å². The number of thioether (sulfide) groups is 1. The van der Waals surface area contributed by atoms with Crippen LogP contribution in [0.3, 0.4) is 0 Å². The maximum atomic E-state index is 12.5. The number of ether oxygens (including phenoxy) is 1. The molecule has 0 radical (unpaired) electrons. The van der Waals surface area contributed by atoms with E-state index in [0.29, 0.717) is 18.0 Å². The molecule has 0 bridgehead atoms. The number of sulfonamides is 1. The van der Waals surface area contributed by atoms with E-state index in [1.165, 1.54) is 11.8 Å². The summed E-state index contributed by atoms with van der Waals surface area (Å²) in [4.78, 5) is 1.26. The van der Waals surface area contributed by atoms with Crippen molar-refractivity contribution in [1.29, 1.82) is 0 Å². The van der Waals surface area contributed by atoms with Gasteiger partial charge in [0.2, 0.25) is 10.0 Å². The van der Waals surface area contributed by atoms with Crippen LogP contribution < -0.4 is 10.0 Å². The third-order valence-corrected chi connectivity index (χ3v) is 6.23. The zero-order valence-electron chi connectivity index (χ0n) is 13.5. The molecule has 1 aromatic carbocycles. The molecule has 1 aromatic rings. The van der Waals surface area contributed by atoms with Crippen molar-refractivity contribution in [2.75, 3.05) is 39.6 Å². The van der Waals surface area contributed by atoms with E-state index in [9.17, 15) is 8.42 Å². The molecule has 0 spiro atoms. The second-order valence-corrected chi connectivity index (χ2v) is 8.33. The SMILES string of the molecule is COCC1(CNS(=O)(=O)c2cccc(SC)c2)CCNCC1.Cl. The van der Waals surface area contributed by atoms with Crippen LogP contribution in [0, 0.1) is 5.41 Å². The summed E-state index contributed by atoms with van der Waals surface area (Å²) in [6.07, 6.45) is 3.75. The van der Waals surface area contributed by atoms with Crippen LogP contribution in [-0.4, -0.2) is 48.0 Å². The fraction of sp³-hybridized carbons (Fsp3) is 0.600. The molecular formula is C15H25ClN2O3S2. The summed E-state index contributed by atoms with van der Waals surface area (Å²) >= 11 is 1.53. The van der Waals surface area contributed by atoms with E-state index in [-0.39, 0.29) is 17.8 Å². The second kappa shape index (κ2) is 9.25. The number of hydrogen-bond acceptors (Lipinski definition) is 5. The number of benzene rings is 1. The number of methoxy groups -OCH3 is 1. The first-order chi connectivity index (χ1) is 10.5. The summed E-state index contributed by atoms with van der Waals surface area (Å²) in [5, 5.41) is 3.31. The van der Waals surface area contributed by atoms with Gasteiger partial charge >= 0.3 is 0 Å². The van der Waals surface area contributed by atoms with Crippen LogP contribution >= 0.6 is 24.2 Å². The Labute approximate surface area is 149 Å². The molecule has 5 nitrogen and oxygen atoms in total. The first kappa shape index (κ1) is 20.7. The monoisotopic (exact) mass is 380 g/mol. The number of rotatable bonds is 7. The van der Waals surface area contributed by atoms with Crippen LogP contribution in [0.15, 0.2) is 34.1 Å². The maximum Gasteiger partial charge on any atom is 0.240 e. The number of hydrogen-bond donors (Lipinski definition) is 2. The molecule has 1 fully saturated rings. The smallest absolute Gasteiger partial charge is 0.240 e. The van der Waals surface area contributed by atoms with Gasteiger partial charge in [0.15, 0.2) is 0 Å². The van der Waals surface area contributed by atoms with Gasteiger partial charge in [0.25, 0.3) is 0 Å². The minimum absolute atomic E-state index is 0. The molecule has 8 heteroatoms. The molecule has 0 unspecified atom stereocenters. The fourth-order valence-corrected chi connectivity index (χ4v) is 4.47. The predicted octanol–water partition coefficient (Wildman–Crippen LogP) is 2.12. The standard InChI is InChI=1S/C15H24N2O3S2.ClH/c1-20-12-15(6-8-16-9-7-15)11-17-22(18,19)14-5-3-4-13(10-14)21-2;/h3-5,10,16-17H,6-9,11-12H2,1-2H3;1H. The summed E-state index contributed by atoms with van der Waals surface area (Å²) in [6.45, 7) is 2.77. The first-order valence-corrected chi connectivity index (χ1v) is 10.1. The lowest BCUT2D eigenvalue weighted by Gasteiger charge is -2.37. The lowest BCUT2D eigenvalue weighted by atomic mass is 9.80. The molecular weight excluding hydrogens is 356 g/mol. The van der Waals surface area contributed by atoms with Crippen molar-refractivity contribution in [3.63, 3.8) is 0 Å². The number of nitrogens with one attached hydrogen (secondary N) is 2. The Morgan fingerprint density at radius 1 is 1.35 bits per heavy atom. The van der Waals surface area contributed by atoms with Gasteiger partial charge in [0, 0.05) is 24.0 Å². The third-order valence-electron chi connectivity index (χ3n) is 4.10. The summed E-state index contributed by atoms with van der Waals surface area (Å²) in [7, 11) is -1.82. The molecule has 2 N–H and O–H groups in total. The number of halogens is 1. The highest BCUT2D eigenvalue weighted by atomic mass is 35.5. The van der Waals surface area contributed by atoms with Gasteiger partial charge in [0.05, 0.1) is 11.5 Å². The largest absolute Gasteiger partial charge is 0.384 e. The normalized spacial score (nSPS) is 17.5. The minimum Gasteiger partial charge on any atom is -0.384 e. The van der Waals surface area contributed by atoms with Crippen LogP contribution in [0.4, 0.5) is 0 Å². The van der Waals surface area contributed by atoms with Gasteiger partial charge in [-0.2, -0.15) is 0 Å². The van der Waals surface area contributed by atoms with Crippen LogP contribution in [0.1, 0.15) is 12.8 Å². The Hall–Kier alpha value is -0.310. The Kier molecular flexibility index (Phi) is 8.33. The van der Waals surface area contributed by atoms with E-state index in [4.69, 9.17) is 4.74 Å². The second-order valence-electron chi connectivity index (χ2n) is 5.69. The molecule has 0 aliphatic carbocycles. The Morgan fingerprint density at radius 2 is 2.04 bits per heavy atom. The zero-order chi connectivity index (χ0) is 16.1. The van der Waals surface area contributed by atoms with Crippen LogP contribution in [-0.2, 0) is 14.8 Å². The molecule has 0 aromatic heterocycles. The van der Waals surface area contributed by atoms with Gasteiger partial charge in [-0.25, -0.2) is 13.1 Å². The highest BCUT2D eigenvalue weighted by molar-refractivity contribution is 7.98. The average molecular weight is 381 g/mol. The van der Waals surface area contributed by atoms with Crippen LogP contribution in [0.25, 0.3) is 0 Å². The van der Waals surface area contributed by atoms with Gasteiger partial charge < -0.3 is 10.1 Å². The Balaban J connectivity index is 0.00000264. The highest BCUT2D eigenvalue weighted by Crippen LogP contribution is 2.29. The summed E-state index contributed by atoms with van der Waals surface area (Å²) in [5.74, 6) is 0. The lowest BCUT2D eigenvalue weighted by Crippen LogP contribution is -2.47. The molecule has 0 amide bonds. The highest BCUT2D eigenvalue weighted by Gasteiger charge is 2.33. The Bertz CT molecular complexity index is 585. The number of piperidine rings is 1. The van der Waals surface area contributed by atoms with Crippen molar-refractivity contribution in [3.05, 3.63) is 24.3 Å². The average Bonchev–Trinajstić information content (AvgIpc) is 2.54. The first-order valence-electron chi connectivity index (χ1n) is 7.35. The molecule has 132 valence electrons. The fourth-order valence-electron chi connectivity index (χ4n) is 2.74. The quantitative estimate of drug-likeness (QED) is 0.709. The summed E-state index contributed by atoms with van der Waals surface area (Å²) < 4.78 is 33.1. The molecule has 23 heavy (non-hydrogen) atoms. The van der Waals surface area contributed by atoms with E-state index in [2.05, 4.69) is 10.0 Å². The topological polar surface area (TPSA) is 67.4 Å². The third kappa shape index (κ3) is 5.62. The van der Waals surface area contributed by atoms with Crippen molar-refractivity contribution in [2.24, 2.45) is 5.41 Å². The molecule has 1 saturated heterocycles. The van der Waals surface area contributed by atoms with Crippen LogP contribution in [0.2, 0.25) is 0 Å². The van der Waals surface area contributed by atoms with Crippen molar-refractivity contribution < 1.29 is 13.2 Å². The van der Waals surface area contributed by atoms with Crippen molar-refractivity contribution in [1.82, 2.24) is 10.0 Å². The Morgan fingerprint density at radius 3 is 2.65 bits per heavy atom. The lowest BCUT2D eigenvalue weighted by molar-refractivity contribution is 0.0577. The van der Waals surface area contributed by atoms with Gasteiger partial charge in [-0.3, -0.25) is 0 Å². The molecule has 1 heterocycles. The van der Waals surface area contributed by atoms with E-state index >= 15 is 0 Å². The van der Waals surface area contributed by atoms with Crippen molar-refractivity contribution >= 4 is 34.2 Å². The van der Waals surface area contributed by atoms with E-state index in [1.807, 2.05) is 12.3 Å². The van der Waals surface area contributed by atoms with Gasteiger partial charge in [-0.05, 0) is 50.4 Å². The van der Waals surface area contributed by atoms with E-state index in [1.54, 1.807) is 25.3 Å². The van der Waals surface area contributed by atoms with Gasteiger partial charge in [-0.15, -0.1) is 24.2 Å². The van der Waals surface area contributed by atoms with Crippen molar-refractivity contribution in [3.8, 4) is 0 Å². The van der Waals surface area contributed by atoms with E-state index in [0.717, 1.165) is 30.8 Å².